The van der Waals surface area contributed by atoms with Crippen molar-refractivity contribution in [1.29, 1.82) is 0 Å². The van der Waals surface area contributed by atoms with Crippen molar-refractivity contribution < 1.29 is 4.39 Å². The predicted octanol–water partition coefficient (Wildman–Crippen LogP) is 3.76. The van der Waals surface area contributed by atoms with Crippen LogP contribution in [-0.4, -0.2) is 27.5 Å². The molecule has 1 aromatic heterocycles. The van der Waals surface area contributed by atoms with E-state index in [1.165, 1.54) is 29.3 Å². The maximum Gasteiger partial charge on any atom is 0.261 e. The van der Waals surface area contributed by atoms with Gasteiger partial charge in [-0.3, -0.25) is 14.3 Å². The van der Waals surface area contributed by atoms with Gasteiger partial charge in [-0.25, -0.2) is 9.37 Å². The van der Waals surface area contributed by atoms with Crippen LogP contribution in [0.15, 0.2) is 53.6 Å². The van der Waals surface area contributed by atoms with Gasteiger partial charge in [0.2, 0.25) is 0 Å². The molecule has 0 atom stereocenters. The van der Waals surface area contributed by atoms with Crippen LogP contribution in [-0.2, 0) is 13.1 Å². The first-order chi connectivity index (χ1) is 13.1. The Morgan fingerprint density at radius 2 is 1.85 bits per heavy atom. The van der Waals surface area contributed by atoms with Crippen molar-refractivity contribution in [2.75, 3.05) is 13.1 Å². The molecule has 140 valence electrons. The highest BCUT2D eigenvalue weighted by Gasteiger charge is 2.20. The first-order valence-corrected chi connectivity index (χ1v) is 9.51. The molecule has 1 fully saturated rings. The molecule has 0 spiro atoms. The average molecular weight is 365 g/mol. The number of fused-ring (bicyclic) bond motifs is 1. The number of benzene rings is 2. The molecule has 1 aliphatic rings. The SMILES string of the molecule is Cc1ccc(CN2CCC(Cn3cnc4cc(F)ccc4c3=O)CC2)cc1. The van der Waals surface area contributed by atoms with Crippen LogP contribution >= 0.6 is 0 Å². The molecule has 0 radical (unpaired) electrons. The number of rotatable bonds is 4. The summed E-state index contributed by atoms with van der Waals surface area (Å²) in [4.78, 5) is 19.4. The van der Waals surface area contributed by atoms with Gasteiger partial charge in [-0.1, -0.05) is 29.8 Å². The molecule has 4 nitrogen and oxygen atoms in total. The molecule has 2 aromatic carbocycles. The molecule has 0 bridgehead atoms. The van der Waals surface area contributed by atoms with E-state index in [4.69, 9.17) is 0 Å². The van der Waals surface area contributed by atoms with E-state index in [0.29, 0.717) is 23.4 Å². The highest BCUT2D eigenvalue weighted by atomic mass is 19.1. The van der Waals surface area contributed by atoms with Crippen molar-refractivity contribution in [3.8, 4) is 0 Å². The lowest BCUT2D eigenvalue weighted by Gasteiger charge is -2.32. The Hall–Kier alpha value is -2.53. The third kappa shape index (κ3) is 4.08. The second-order valence-corrected chi connectivity index (χ2v) is 7.57. The molecular weight excluding hydrogens is 341 g/mol. The summed E-state index contributed by atoms with van der Waals surface area (Å²) >= 11 is 0. The molecule has 5 heteroatoms. The van der Waals surface area contributed by atoms with Gasteiger partial charge in [-0.05, 0) is 56.5 Å². The van der Waals surface area contributed by atoms with Gasteiger partial charge in [0.1, 0.15) is 5.82 Å². The smallest absolute Gasteiger partial charge is 0.261 e. The fourth-order valence-corrected chi connectivity index (χ4v) is 3.82. The predicted molar refractivity (Wildman–Crippen MR) is 105 cm³/mol. The van der Waals surface area contributed by atoms with Crippen LogP contribution in [0.4, 0.5) is 4.39 Å². The summed E-state index contributed by atoms with van der Waals surface area (Å²) in [5.74, 6) is 0.102. The molecule has 0 unspecified atom stereocenters. The van der Waals surface area contributed by atoms with E-state index in [0.717, 1.165) is 32.5 Å². The van der Waals surface area contributed by atoms with Gasteiger partial charge in [0, 0.05) is 19.2 Å². The maximum absolute atomic E-state index is 13.3. The molecule has 27 heavy (non-hydrogen) atoms. The second-order valence-electron chi connectivity index (χ2n) is 7.57. The number of piperidine rings is 1. The van der Waals surface area contributed by atoms with Crippen molar-refractivity contribution in [3.05, 3.63) is 76.1 Å². The zero-order chi connectivity index (χ0) is 18.8. The topological polar surface area (TPSA) is 38.1 Å². The third-order valence-corrected chi connectivity index (χ3v) is 5.48. The summed E-state index contributed by atoms with van der Waals surface area (Å²) in [5.41, 5.74) is 2.97. The van der Waals surface area contributed by atoms with Gasteiger partial charge in [-0.2, -0.15) is 0 Å². The van der Waals surface area contributed by atoms with E-state index in [9.17, 15) is 9.18 Å². The molecule has 4 rings (SSSR count). The van der Waals surface area contributed by atoms with Crippen molar-refractivity contribution in [2.24, 2.45) is 5.92 Å². The van der Waals surface area contributed by atoms with Gasteiger partial charge in [0.15, 0.2) is 0 Å². The normalized spacial score (nSPS) is 16.1. The average Bonchev–Trinajstić information content (AvgIpc) is 2.67. The van der Waals surface area contributed by atoms with E-state index >= 15 is 0 Å². The zero-order valence-corrected chi connectivity index (χ0v) is 15.6. The van der Waals surface area contributed by atoms with Crippen LogP contribution < -0.4 is 5.56 Å². The molecular formula is C22H24FN3O. The van der Waals surface area contributed by atoms with Gasteiger partial charge in [-0.15, -0.1) is 0 Å². The number of nitrogens with zero attached hydrogens (tertiary/aromatic N) is 3. The lowest BCUT2D eigenvalue weighted by molar-refractivity contribution is 0.166. The number of hydrogen-bond acceptors (Lipinski definition) is 3. The zero-order valence-electron chi connectivity index (χ0n) is 15.6. The quantitative estimate of drug-likeness (QED) is 0.707. The number of halogens is 1. The van der Waals surface area contributed by atoms with E-state index in [1.807, 2.05) is 0 Å². The number of hydrogen-bond donors (Lipinski definition) is 0. The standard InChI is InChI=1S/C22H24FN3O/c1-16-2-4-17(5-3-16)13-25-10-8-18(9-11-25)14-26-15-24-21-12-19(23)6-7-20(21)22(26)27/h2-7,12,15,18H,8-11,13-14H2,1H3. The summed E-state index contributed by atoms with van der Waals surface area (Å²) in [5, 5.41) is 0.482. The maximum atomic E-state index is 13.3. The lowest BCUT2D eigenvalue weighted by Crippen LogP contribution is -2.36. The van der Waals surface area contributed by atoms with Gasteiger partial charge in [0.25, 0.3) is 5.56 Å². The van der Waals surface area contributed by atoms with E-state index in [1.54, 1.807) is 10.9 Å². The van der Waals surface area contributed by atoms with Crippen molar-refractivity contribution in [2.45, 2.75) is 32.9 Å². The van der Waals surface area contributed by atoms with Crippen molar-refractivity contribution in [3.63, 3.8) is 0 Å². The Labute approximate surface area is 158 Å². The molecule has 1 aliphatic heterocycles. The Morgan fingerprint density at radius 1 is 1.11 bits per heavy atom. The summed E-state index contributed by atoms with van der Waals surface area (Å²) < 4.78 is 15.0. The van der Waals surface area contributed by atoms with Gasteiger partial charge < -0.3 is 0 Å². The Kier molecular flexibility index (Phi) is 5.03. The Bertz CT molecular complexity index is 989. The highest BCUT2D eigenvalue weighted by molar-refractivity contribution is 5.77. The molecule has 0 amide bonds. The summed E-state index contributed by atoms with van der Waals surface area (Å²) in [6.07, 6.45) is 3.70. The summed E-state index contributed by atoms with van der Waals surface area (Å²) in [6.45, 7) is 5.85. The first-order valence-electron chi connectivity index (χ1n) is 9.51. The van der Waals surface area contributed by atoms with Gasteiger partial charge in [0.05, 0.1) is 17.2 Å². The lowest BCUT2D eigenvalue weighted by atomic mass is 9.96. The Balaban J connectivity index is 1.38. The van der Waals surface area contributed by atoms with E-state index in [2.05, 4.69) is 41.1 Å². The van der Waals surface area contributed by atoms with Crippen LogP contribution in [0.5, 0.6) is 0 Å². The fourth-order valence-electron chi connectivity index (χ4n) is 3.82. The largest absolute Gasteiger partial charge is 0.299 e. The minimum absolute atomic E-state index is 0.0814. The summed E-state index contributed by atoms with van der Waals surface area (Å²) in [6, 6.07) is 12.9. The summed E-state index contributed by atoms with van der Waals surface area (Å²) in [7, 11) is 0. The van der Waals surface area contributed by atoms with E-state index in [-0.39, 0.29) is 11.4 Å². The van der Waals surface area contributed by atoms with Crippen molar-refractivity contribution >= 4 is 10.9 Å². The molecule has 2 heterocycles. The number of aryl methyl sites for hydroxylation is 1. The minimum Gasteiger partial charge on any atom is -0.299 e. The van der Waals surface area contributed by atoms with Crippen LogP contribution in [0.25, 0.3) is 10.9 Å². The van der Waals surface area contributed by atoms with Gasteiger partial charge >= 0.3 is 0 Å². The van der Waals surface area contributed by atoms with Crippen molar-refractivity contribution in [1.82, 2.24) is 14.5 Å². The molecule has 1 saturated heterocycles. The fraction of sp³-hybridized carbons (Fsp3) is 0.364. The third-order valence-electron chi connectivity index (χ3n) is 5.48. The highest BCUT2D eigenvalue weighted by Crippen LogP contribution is 2.21. The molecule has 3 aromatic rings. The van der Waals surface area contributed by atoms with Crippen LogP contribution in [0, 0.1) is 18.7 Å². The molecule has 0 aliphatic carbocycles. The molecule has 0 saturated carbocycles. The number of likely N-dealkylation sites (tertiary alicyclic amines) is 1. The van der Waals surface area contributed by atoms with E-state index < -0.39 is 0 Å². The Morgan fingerprint density at radius 3 is 2.59 bits per heavy atom. The minimum atomic E-state index is -0.368. The van der Waals surface area contributed by atoms with Crippen LogP contribution in [0.1, 0.15) is 24.0 Å². The molecule has 0 N–H and O–H groups in total. The number of aromatic nitrogens is 2. The van der Waals surface area contributed by atoms with Crippen LogP contribution in [0.3, 0.4) is 0 Å². The van der Waals surface area contributed by atoms with Crippen LogP contribution in [0.2, 0.25) is 0 Å². The first kappa shape index (κ1) is 17.9. The second kappa shape index (κ2) is 7.61. The monoisotopic (exact) mass is 365 g/mol.